The first-order valence-electron chi connectivity index (χ1n) is 6.13. The molecule has 2 nitrogen and oxygen atoms in total. The predicted molar refractivity (Wildman–Crippen MR) is 86.8 cm³/mol. The van der Waals surface area contributed by atoms with E-state index in [9.17, 15) is 0 Å². The van der Waals surface area contributed by atoms with E-state index < -0.39 is 0 Å². The van der Waals surface area contributed by atoms with E-state index in [1.807, 2.05) is 6.07 Å². The molecule has 0 aliphatic carbocycles. The van der Waals surface area contributed by atoms with Crippen LogP contribution in [0.1, 0.15) is 5.56 Å². The van der Waals surface area contributed by atoms with E-state index in [1.54, 1.807) is 7.11 Å². The van der Waals surface area contributed by atoms with Crippen molar-refractivity contribution in [3.8, 4) is 5.75 Å². The molecule has 19 heavy (non-hydrogen) atoms. The van der Waals surface area contributed by atoms with Gasteiger partial charge in [-0.3, -0.25) is 0 Å². The number of rotatable bonds is 3. The fourth-order valence-electron chi connectivity index (χ4n) is 2.23. The van der Waals surface area contributed by atoms with Gasteiger partial charge in [0.25, 0.3) is 0 Å². The second-order valence-electron chi connectivity index (χ2n) is 4.49. The van der Waals surface area contributed by atoms with E-state index in [1.165, 1.54) is 20.0 Å². The third kappa shape index (κ3) is 2.61. The van der Waals surface area contributed by atoms with Crippen LogP contribution in [0.4, 0.5) is 0 Å². The smallest absolute Gasteiger partial charge is 0.119 e. The van der Waals surface area contributed by atoms with Gasteiger partial charge in [0.15, 0.2) is 0 Å². The molecule has 1 heterocycles. The van der Waals surface area contributed by atoms with E-state index in [2.05, 4.69) is 75.8 Å². The van der Waals surface area contributed by atoms with Gasteiger partial charge in [-0.15, -0.1) is 0 Å². The van der Waals surface area contributed by atoms with Gasteiger partial charge < -0.3 is 9.30 Å². The third-order valence-electron chi connectivity index (χ3n) is 3.24. The molecule has 0 N–H and O–H groups in total. The predicted octanol–water partition coefficient (Wildman–Crippen LogP) is 4.30. The highest BCUT2D eigenvalue weighted by Crippen LogP contribution is 2.22. The quantitative estimate of drug-likeness (QED) is 0.633. The van der Waals surface area contributed by atoms with Crippen LogP contribution in [-0.4, -0.2) is 11.7 Å². The summed E-state index contributed by atoms with van der Waals surface area (Å²) in [6.07, 6.45) is 2.13. The largest absolute Gasteiger partial charge is 0.497 e. The molecule has 96 valence electrons. The average Bonchev–Trinajstić information content (AvgIpc) is 2.83. The number of aromatic nitrogens is 1. The number of hydrogen-bond acceptors (Lipinski definition) is 1. The summed E-state index contributed by atoms with van der Waals surface area (Å²) in [5.74, 6) is 0.902. The normalized spacial score (nSPS) is 10.8. The summed E-state index contributed by atoms with van der Waals surface area (Å²) >= 11 is 2.33. The standard InChI is InChI=1S/C16H14INO/c1-19-15-6-7-16-13(10-15)8-9-18(16)11-12-2-4-14(17)5-3-12/h2-10H,11H2,1H3. The van der Waals surface area contributed by atoms with Crippen molar-refractivity contribution in [1.82, 2.24) is 4.57 Å². The summed E-state index contributed by atoms with van der Waals surface area (Å²) in [5, 5.41) is 1.21. The molecule has 0 aliphatic heterocycles. The number of nitrogens with zero attached hydrogens (tertiary/aromatic N) is 1. The molecule has 0 fully saturated rings. The Bertz CT molecular complexity index is 700. The van der Waals surface area contributed by atoms with Crippen LogP contribution in [0.5, 0.6) is 5.75 Å². The van der Waals surface area contributed by atoms with Gasteiger partial charge in [0.1, 0.15) is 5.75 Å². The SMILES string of the molecule is COc1ccc2c(ccn2Cc2ccc(I)cc2)c1. The molecule has 3 heteroatoms. The molecule has 0 atom stereocenters. The molecule has 0 aliphatic rings. The maximum Gasteiger partial charge on any atom is 0.119 e. The zero-order valence-electron chi connectivity index (χ0n) is 10.6. The average molecular weight is 363 g/mol. The molecule has 0 amide bonds. The molecular formula is C16H14INO. The Labute approximate surface area is 126 Å². The third-order valence-corrected chi connectivity index (χ3v) is 3.96. The van der Waals surface area contributed by atoms with Crippen molar-refractivity contribution in [3.05, 3.63) is 63.9 Å². The highest BCUT2D eigenvalue weighted by Gasteiger charge is 2.03. The fraction of sp³-hybridized carbons (Fsp3) is 0.125. The number of fused-ring (bicyclic) bond motifs is 1. The zero-order valence-corrected chi connectivity index (χ0v) is 12.8. The van der Waals surface area contributed by atoms with E-state index in [0.29, 0.717) is 0 Å². The molecule has 0 radical (unpaired) electrons. The Kier molecular flexibility index (Phi) is 3.46. The van der Waals surface area contributed by atoms with Crippen LogP contribution >= 0.6 is 22.6 Å². The number of benzene rings is 2. The van der Waals surface area contributed by atoms with Gasteiger partial charge in [-0.25, -0.2) is 0 Å². The molecule has 0 bridgehead atoms. The summed E-state index contributed by atoms with van der Waals surface area (Å²) in [7, 11) is 1.70. The summed E-state index contributed by atoms with van der Waals surface area (Å²) in [6.45, 7) is 0.896. The second-order valence-corrected chi connectivity index (χ2v) is 5.74. The van der Waals surface area contributed by atoms with Crippen molar-refractivity contribution in [1.29, 1.82) is 0 Å². The van der Waals surface area contributed by atoms with Gasteiger partial charge in [-0.1, -0.05) is 12.1 Å². The van der Waals surface area contributed by atoms with Crippen LogP contribution < -0.4 is 4.74 Å². The maximum absolute atomic E-state index is 5.25. The van der Waals surface area contributed by atoms with E-state index in [-0.39, 0.29) is 0 Å². The van der Waals surface area contributed by atoms with Crippen molar-refractivity contribution in [2.24, 2.45) is 0 Å². The molecule has 0 unspecified atom stereocenters. The zero-order chi connectivity index (χ0) is 13.2. The number of hydrogen-bond donors (Lipinski definition) is 0. The van der Waals surface area contributed by atoms with E-state index in [4.69, 9.17) is 4.74 Å². The van der Waals surface area contributed by atoms with Crippen LogP contribution in [0.2, 0.25) is 0 Å². The van der Waals surface area contributed by atoms with Crippen LogP contribution in [-0.2, 0) is 6.54 Å². The minimum absolute atomic E-state index is 0.896. The first-order valence-corrected chi connectivity index (χ1v) is 7.21. The lowest BCUT2D eigenvalue weighted by Crippen LogP contribution is -1.97. The van der Waals surface area contributed by atoms with Crippen molar-refractivity contribution < 1.29 is 4.74 Å². The van der Waals surface area contributed by atoms with Crippen LogP contribution in [0, 0.1) is 3.57 Å². The molecular weight excluding hydrogens is 349 g/mol. The minimum atomic E-state index is 0.896. The van der Waals surface area contributed by atoms with E-state index >= 15 is 0 Å². The van der Waals surface area contributed by atoms with Crippen molar-refractivity contribution in [2.75, 3.05) is 7.11 Å². The van der Waals surface area contributed by atoms with Gasteiger partial charge in [0.2, 0.25) is 0 Å². The summed E-state index contributed by atoms with van der Waals surface area (Å²) in [6, 6.07) is 17.0. The Morgan fingerprint density at radius 1 is 1.05 bits per heavy atom. The van der Waals surface area contributed by atoms with Crippen molar-refractivity contribution in [2.45, 2.75) is 6.54 Å². The Balaban J connectivity index is 1.95. The molecule has 3 aromatic rings. The summed E-state index contributed by atoms with van der Waals surface area (Å²) in [4.78, 5) is 0. The van der Waals surface area contributed by atoms with Gasteiger partial charge in [0.05, 0.1) is 7.11 Å². The molecule has 3 rings (SSSR count). The second kappa shape index (κ2) is 5.25. The Morgan fingerprint density at radius 3 is 2.58 bits per heavy atom. The first kappa shape index (κ1) is 12.5. The van der Waals surface area contributed by atoms with Gasteiger partial charge in [-0.2, -0.15) is 0 Å². The lowest BCUT2D eigenvalue weighted by atomic mass is 10.2. The van der Waals surface area contributed by atoms with E-state index in [0.717, 1.165) is 12.3 Å². The number of methoxy groups -OCH3 is 1. The van der Waals surface area contributed by atoms with Crippen LogP contribution in [0.25, 0.3) is 10.9 Å². The number of halogens is 1. The van der Waals surface area contributed by atoms with Gasteiger partial charge in [-0.05, 0) is 64.6 Å². The van der Waals surface area contributed by atoms with Gasteiger partial charge in [0, 0.05) is 27.2 Å². The topological polar surface area (TPSA) is 14.2 Å². The highest BCUT2D eigenvalue weighted by atomic mass is 127. The lowest BCUT2D eigenvalue weighted by molar-refractivity contribution is 0.415. The Hall–Kier alpha value is -1.49. The monoisotopic (exact) mass is 363 g/mol. The summed E-state index contributed by atoms with van der Waals surface area (Å²) in [5.41, 5.74) is 2.55. The molecule has 0 saturated carbocycles. The lowest BCUT2D eigenvalue weighted by Gasteiger charge is -2.06. The maximum atomic E-state index is 5.25. The molecule has 2 aromatic carbocycles. The van der Waals surface area contributed by atoms with Crippen LogP contribution in [0.15, 0.2) is 54.7 Å². The fourth-order valence-corrected chi connectivity index (χ4v) is 2.59. The summed E-state index contributed by atoms with van der Waals surface area (Å²) < 4.78 is 8.78. The van der Waals surface area contributed by atoms with Crippen molar-refractivity contribution >= 4 is 33.5 Å². The molecule has 1 aromatic heterocycles. The van der Waals surface area contributed by atoms with Gasteiger partial charge >= 0.3 is 0 Å². The molecule has 0 spiro atoms. The highest BCUT2D eigenvalue weighted by molar-refractivity contribution is 14.1. The van der Waals surface area contributed by atoms with Crippen LogP contribution in [0.3, 0.4) is 0 Å². The molecule has 0 saturated heterocycles. The minimum Gasteiger partial charge on any atom is -0.497 e. The first-order chi connectivity index (χ1) is 9.26. The number of ether oxygens (including phenoxy) is 1. The Morgan fingerprint density at radius 2 is 1.84 bits per heavy atom. The van der Waals surface area contributed by atoms with Crippen molar-refractivity contribution in [3.63, 3.8) is 0 Å².